The van der Waals surface area contributed by atoms with Gasteiger partial charge in [-0.15, -0.1) is 0 Å². The molecule has 2 aromatic heterocycles. The average molecular weight is 569 g/mol. The standard InChI is InChI=1S/C23H20F9N5O2/c24-14-3-1-2-13(23(30,31)32)17(14)35-21-34-15-8-12(20(36-18(15)37-21)39-9-16(25)26)19(38)33-11-6-4-10(5-7-11)22(27,28)29/h1-3,8,10-11,16H,4-7,9H2,(H,33,38)(H2,34,35,36,37)/t10-,11-. The van der Waals surface area contributed by atoms with Crippen LogP contribution in [0, 0.1) is 11.7 Å². The van der Waals surface area contributed by atoms with Crippen molar-refractivity contribution in [3.05, 3.63) is 41.2 Å². The van der Waals surface area contributed by atoms with Crippen LogP contribution in [0.4, 0.5) is 51.1 Å². The molecular formula is C23H20F9N5O2. The zero-order valence-corrected chi connectivity index (χ0v) is 19.7. The number of para-hydroxylation sites is 1. The fourth-order valence-electron chi connectivity index (χ4n) is 4.23. The molecule has 16 heteroatoms. The minimum Gasteiger partial charge on any atom is -0.471 e. The number of halogens is 9. The van der Waals surface area contributed by atoms with E-state index < -0.39 is 72.1 Å². The van der Waals surface area contributed by atoms with Gasteiger partial charge in [0, 0.05) is 6.04 Å². The lowest BCUT2D eigenvalue weighted by atomic mass is 9.85. The molecule has 0 unspecified atom stereocenters. The molecule has 0 aliphatic heterocycles. The van der Waals surface area contributed by atoms with E-state index in [0.717, 1.165) is 18.2 Å². The molecule has 0 spiro atoms. The molecule has 1 aliphatic rings. The highest BCUT2D eigenvalue weighted by Gasteiger charge is 2.41. The third kappa shape index (κ3) is 6.65. The van der Waals surface area contributed by atoms with E-state index in [2.05, 4.69) is 25.6 Å². The van der Waals surface area contributed by atoms with Crippen LogP contribution in [-0.2, 0) is 6.18 Å². The Morgan fingerprint density at radius 1 is 1.08 bits per heavy atom. The lowest BCUT2D eigenvalue weighted by molar-refractivity contribution is -0.182. The van der Waals surface area contributed by atoms with E-state index in [1.807, 2.05) is 0 Å². The van der Waals surface area contributed by atoms with Gasteiger partial charge < -0.3 is 20.4 Å². The number of aromatic nitrogens is 3. The van der Waals surface area contributed by atoms with Crippen LogP contribution in [-0.4, -0.2) is 46.1 Å². The van der Waals surface area contributed by atoms with Crippen LogP contribution in [0.2, 0.25) is 0 Å². The summed E-state index contributed by atoms with van der Waals surface area (Å²) in [7, 11) is 0. The first kappa shape index (κ1) is 28.3. The number of alkyl halides is 8. The molecule has 0 radical (unpaired) electrons. The first-order chi connectivity index (χ1) is 18.2. The summed E-state index contributed by atoms with van der Waals surface area (Å²) >= 11 is 0. The maximum absolute atomic E-state index is 14.2. The fourth-order valence-corrected chi connectivity index (χ4v) is 4.23. The minimum atomic E-state index is -4.91. The number of pyridine rings is 1. The molecule has 7 nitrogen and oxygen atoms in total. The smallest absolute Gasteiger partial charge is 0.418 e. The van der Waals surface area contributed by atoms with Crippen LogP contribution >= 0.6 is 0 Å². The Balaban J connectivity index is 1.61. The first-order valence-corrected chi connectivity index (χ1v) is 11.5. The van der Waals surface area contributed by atoms with Crippen molar-refractivity contribution in [2.75, 3.05) is 11.9 Å². The molecule has 1 amide bonds. The topological polar surface area (TPSA) is 91.9 Å². The summed E-state index contributed by atoms with van der Waals surface area (Å²) in [6.45, 7) is -1.15. The number of imidazole rings is 1. The highest BCUT2D eigenvalue weighted by molar-refractivity contribution is 5.99. The number of hydrogen-bond donors (Lipinski definition) is 3. The summed E-state index contributed by atoms with van der Waals surface area (Å²) in [5.74, 6) is -4.58. The van der Waals surface area contributed by atoms with Gasteiger partial charge >= 0.3 is 12.4 Å². The van der Waals surface area contributed by atoms with Crippen LogP contribution in [0.3, 0.4) is 0 Å². The normalized spacial score (nSPS) is 18.4. The summed E-state index contributed by atoms with van der Waals surface area (Å²) in [6.07, 6.45) is -12.6. The molecule has 0 saturated heterocycles. The molecule has 3 N–H and O–H groups in total. The van der Waals surface area contributed by atoms with Crippen molar-refractivity contribution in [1.82, 2.24) is 20.3 Å². The maximum atomic E-state index is 14.2. The fraction of sp³-hybridized carbons (Fsp3) is 0.435. The monoisotopic (exact) mass is 569 g/mol. The number of anilines is 2. The van der Waals surface area contributed by atoms with Gasteiger partial charge in [-0.2, -0.15) is 31.3 Å². The maximum Gasteiger partial charge on any atom is 0.418 e. The predicted molar refractivity (Wildman–Crippen MR) is 119 cm³/mol. The summed E-state index contributed by atoms with van der Waals surface area (Å²) < 4.78 is 123. The zero-order valence-electron chi connectivity index (χ0n) is 19.7. The SMILES string of the molecule is O=C(N[C@H]1CC[C@H](C(F)(F)F)CC1)c1cc2nc(Nc3c(F)cccc3C(F)(F)F)[nH]c2nc1OCC(F)F. The number of nitrogens with one attached hydrogen (secondary N) is 3. The van der Waals surface area contributed by atoms with Crippen molar-refractivity contribution in [3.63, 3.8) is 0 Å². The lowest BCUT2D eigenvalue weighted by Gasteiger charge is -2.30. The second kappa shape index (κ2) is 10.8. The summed E-state index contributed by atoms with van der Waals surface area (Å²) in [5.41, 5.74) is -2.93. The van der Waals surface area contributed by atoms with E-state index in [-0.39, 0.29) is 42.4 Å². The molecule has 1 aliphatic carbocycles. The first-order valence-electron chi connectivity index (χ1n) is 11.5. The molecule has 1 aromatic carbocycles. The number of fused-ring (bicyclic) bond motifs is 1. The Labute approximate surface area is 214 Å². The molecule has 2 heterocycles. The average Bonchev–Trinajstić information content (AvgIpc) is 3.23. The second-order valence-corrected chi connectivity index (χ2v) is 8.85. The van der Waals surface area contributed by atoms with Crippen LogP contribution in [0.5, 0.6) is 5.88 Å². The van der Waals surface area contributed by atoms with E-state index >= 15 is 0 Å². The van der Waals surface area contributed by atoms with E-state index in [0.29, 0.717) is 6.07 Å². The van der Waals surface area contributed by atoms with Gasteiger partial charge in [-0.05, 0) is 43.9 Å². The molecule has 39 heavy (non-hydrogen) atoms. The number of nitrogens with zero attached hydrogens (tertiary/aromatic N) is 2. The number of rotatable bonds is 7. The Hall–Kier alpha value is -3.72. The van der Waals surface area contributed by atoms with Gasteiger partial charge in [0.15, 0.2) is 12.3 Å². The van der Waals surface area contributed by atoms with Crippen molar-refractivity contribution in [1.29, 1.82) is 0 Å². The van der Waals surface area contributed by atoms with E-state index in [4.69, 9.17) is 4.74 Å². The van der Waals surface area contributed by atoms with Gasteiger partial charge in [0.1, 0.15) is 16.9 Å². The largest absolute Gasteiger partial charge is 0.471 e. The number of aromatic amines is 1. The van der Waals surface area contributed by atoms with Gasteiger partial charge in [-0.3, -0.25) is 4.79 Å². The van der Waals surface area contributed by atoms with Crippen LogP contribution in [0.1, 0.15) is 41.6 Å². The second-order valence-electron chi connectivity index (χ2n) is 8.85. The van der Waals surface area contributed by atoms with Crippen molar-refractivity contribution in [3.8, 4) is 5.88 Å². The highest BCUT2D eigenvalue weighted by atomic mass is 19.4. The van der Waals surface area contributed by atoms with Gasteiger partial charge in [0.05, 0.1) is 17.2 Å². The van der Waals surface area contributed by atoms with Gasteiger partial charge in [-0.1, -0.05) is 6.07 Å². The lowest BCUT2D eigenvalue weighted by Crippen LogP contribution is -2.40. The molecule has 1 saturated carbocycles. The number of ether oxygens (including phenoxy) is 1. The number of carbonyl (C=O) groups is 1. The van der Waals surface area contributed by atoms with E-state index in [9.17, 15) is 44.3 Å². The number of benzene rings is 1. The molecule has 212 valence electrons. The van der Waals surface area contributed by atoms with Gasteiger partial charge in [-0.25, -0.2) is 18.2 Å². The zero-order chi connectivity index (χ0) is 28.5. The number of H-pyrrole nitrogens is 1. The van der Waals surface area contributed by atoms with E-state index in [1.54, 1.807) is 0 Å². The van der Waals surface area contributed by atoms with Gasteiger partial charge in [0.25, 0.3) is 12.3 Å². The summed E-state index contributed by atoms with van der Waals surface area (Å²) in [5, 5.41) is 4.72. The molecule has 0 atom stereocenters. The van der Waals surface area contributed by atoms with Crippen molar-refractivity contribution < 1.29 is 49.0 Å². The third-order valence-electron chi connectivity index (χ3n) is 6.11. The quantitative estimate of drug-likeness (QED) is 0.289. The molecule has 3 aromatic rings. The molecule has 4 rings (SSSR count). The van der Waals surface area contributed by atoms with Crippen molar-refractivity contribution in [2.45, 2.75) is 50.5 Å². The molecular weight excluding hydrogens is 549 g/mol. The number of carbonyl (C=O) groups excluding carboxylic acids is 1. The number of hydrogen-bond acceptors (Lipinski definition) is 5. The third-order valence-corrected chi connectivity index (χ3v) is 6.11. The van der Waals surface area contributed by atoms with E-state index in [1.165, 1.54) is 0 Å². The summed E-state index contributed by atoms with van der Waals surface area (Å²) in [6, 6.07) is 2.74. The Morgan fingerprint density at radius 3 is 2.38 bits per heavy atom. The Kier molecular flexibility index (Phi) is 7.84. The van der Waals surface area contributed by atoms with Crippen LogP contribution < -0.4 is 15.4 Å². The molecule has 0 bridgehead atoms. The van der Waals surface area contributed by atoms with Crippen LogP contribution in [0.25, 0.3) is 11.2 Å². The predicted octanol–water partition coefficient (Wildman–Crippen LogP) is 6.35. The Morgan fingerprint density at radius 2 is 1.77 bits per heavy atom. The summed E-state index contributed by atoms with van der Waals surface area (Å²) in [4.78, 5) is 23.3. The minimum absolute atomic E-state index is 0.0272. The van der Waals surface area contributed by atoms with Crippen molar-refractivity contribution in [2.24, 2.45) is 5.92 Å². The number of amides is 1. The van der Waals surface area contributed by atoms with Gasteiger partial charge in [0.2, 0.25) is 11.8 Å². The molecule has 1 fully saturated rings. The van der Waals surface area contributed by atoms with Crippen LogP contribution in [0.15, 0.2) is 24.3 Å². The Bertz CT molecular complexity index is 1330. The highest BCUT2D eigenvalue weighted by Crippen LogP contribution is 2.39. The van der Waals surface area contributed by atoms with Crippen molar-refractivity contribution >= 4 is 28.7 Å².